The van der Waals surface area contributed by atoms with Gasteiger partial charge < -0.3 is 9.29 Å². The van der Waals surface area contributed by atoms with Crippen LogP contribution in [0.5, 0.6) is 5.75 Å². The molecule has 0 saturated carbocycles. The minimum Gasteiger partial charge on any atom is -0.772 e. The van der Waals surface area contributed by atoms with Crippen LogP contribution in [0.4, 0.5) is 0 Å². The van der Waals surface area contributed by atoms with Crippen LogP contribution >= 0.6 is 0 Å². The van der Waals surface area contributed by atoms with E-state index in [1.54, 1.807) is 31.2 Å². The zero-order chi connectivity index (χ0) is 11.4. The maximum atomic E-state index is 10.7. The topological polar surface area (TPSA) is 66.4 Å². The predicted molar refractivity (Wildman–Crippen MR) is 55.1 cm³/mol. The highest BCUT2D eigenvalue weighted by atomic mass is 32.2. The molecule has 4 nitrogen and oxygen atoms in total. The molecule has 0 aliphatic heterocycles. The molecule has 2 unspecified atom stereocenters. The average Bonchev–Trinajstić information content (AvgIpc) is 2.17. The predicted octanol–water partition coefficient (Wildman–Crippen LogP) is 1.55. The molecule has 1 aromatic rings. The van der Waals surface area contributed by atoms with Crippen molar-refractivity contribution in [1.82, 2.24) is 0 Å². The van der Waals surface area contributed by atoms with Crippen molar-refractivity contribution in [1.29, 1.82) is 0 Å². The number of carbonyl (C=O) groups is 1. The maximum Gasteiger partial charge on any atom is 0.308 e. The lowest BCUT2D eigenvalue weighted by Gasteiger charge is -2.15. The van der Waals surface area contributed by atoms with E-state index in [2.05, 4.69) is 0 Å². The van der Waals surface area contributed by atoms with Crippen molar-refractivity contribution >= 4 is 17.0 Å². The molecule has 0 bridgehead atoms. The molecule has 0 aliphatic rings. The lowest BCUT2D eigenvalue weighted by molar-refractivity contribution is -0.131. The molecule has 15 heavy (non-hydrogen) atoms. The van der Waals surface area contributed by atoms with E-state index in [1.165, 1.54) is 6.92 Å². The van der Waals surface area contributed by atoms with Crippen LogP contribution in [0.1, 0.15) is 24.7 Å². The Balaban J connectivity index is 2.80. The molecule has 2 atom stereocenters. The molecule has 5 heteroatoms. The van der Waals surface area contributed by atoms with Crippen LogP contribution < -0.4 is 4.74 Å². The third-order valence-electron chi connectivity index (χ3n) is 1.90. The van der Waals surface area contributed by atoms with Crippen LogP contribution in [0.15, 0.2) is 24.3 Å². The van der Waals surface area contributed by atoms with Crippen molar-refractivity contribution in [2.24, 2.45) is 0 Å². The highest BCUT2D eigenvalue weighted by molar-refractivity contribution is 7.79. The standard InChI is InChI=1S/C10H12O4S/c1-7(15(12)13)9-3-5-10(6-4-9)14-8(2)11/h3-7H,1-2H3,(H,12,13)/p-1. The Morgan fingerprint density at radius 1 is 1.40 bits per heavy atom. The van der Waals surface area contributed by atoms with Crippen LogP contribution in [0.25, 0.3) is 0 Å². The fourth-order valence-electron chi connectivity index (χ4n) is 1.08. The molecular formula is C10H11O4S-. The second-order valence-electron chi connectivity index (χ2n) is 3.07. The third-order valence-corrected chi connectivity index (χ3v) is 2.75. The third kappa shape index (κ3) is 3.45. The second-order valence-corrected chi connectivity index (χ2v) is 4.29. The van der Waals surface area contributed by atoms with Gasteiger partial charge in [-0.1, -0.05) is 12.1 Å². The fourth-order valence-corrected chi connectivity index (χ4v) is 1.46. The fraction of sp³-hybridized carbons (Fsp3) is 0.300. The molecule has 0 heterocycles. The minimum atomic E-state index is -2.14. The second kappa shape index (κ2) is 5.04. The summed E-state index contributed by atoms with van der Waals surface area (Å²) >= 11 is -2.14. The summed E-state index contributed by atoms with van der Waals surface area (Å²) in [4.78, 5) is 10.6. The Kier molecular flexibility index (Phi) is 3.99. The summed E-state index contributed by atoms with van der Waals surface area (Å²) in [5.74, 6) is 0.0123. The first kappa shape index (κ1) is 11.9. The summed E-state index contributed by atoms with van der Waals surface area (Å²) in [5.41, 5.74) is 0.666. The van der Waals surface area contributed by atoms with Crippen LogP contribution in [0.3, 0.4) is 0 Å². The Bertz CT molecular complexity index is 372. The smallest absolute Gasteiger partial charge is 0.308 e. The van der Waals surface area contributed by atoms with Gasteiger partial charge in [-0.3, -0.25) is 9.00 Å². The largest absolute Gasteiger partial charge is 0.772 e. The van der Waals surface area contributed by atoms with Gasteiger partial charge in [-0.2, -0.15) is 0 Å². The molecular weight excluding hydrogens is 216 g/mol. The van der Waals surface area contributed by atoms with Gasteiger partial charge >= 0.3 is 5.97 Å². The zero-order valence-corrected chi connectivity index (χ0v) is 9.24. The van der Waals surface area contributed by atoms with Crippen molar-refractivity contribution in [3.05, 3.63) is 29.8 Å². The Morgan fingerprint density at radius 2 is 1.93 bits per heavy atom. The summed E-state index contributed by atoms with van der Waals surface area (Å²) in [5, 5.41) is -0.559. The van der Waals surface area contributed by atoms with E-state index < -0.39 is 22.3 Å². The minimum absolute atomic E-state index is 0.400. The van der Waals surface area contributed by atoms with E-state index in [-0.39, 0.29) is 0 Å². The van der Waals surface area contributed by atoms with E-state index in [9.17, 15) is 13.6 Å². The van der Waals surface area contributed by atoms with Crippen molar-refractivity contribution in [3.63, 3.8) is 0 Å². The monoisotopic (exact) mass is 227 g/mol. The van der Waals surface area contributed by atoms with Crippen molar-refractivity contribution in [2.75, 3.05) is 0 Å². The molecule has 0 fully saturated rings. The first-order valence-corrected chi connectivity index (χ1v) is 5.51. The number of carbonyl (C=O) groups excluding carboxylic acids is 1. The lowest BCUT2D eigenvalue weighted by atomic mass is 10.1. The Morgan fingerprint density at radius 3 is 2.33 bits per heavy atom. The van der Waals surface area contributed by atoms with Gasteiger partial charge in [0.15, 0.2) is 0 Å². The number of hydrogen-bond acceptors (Lipinski definition) is 4. The molecule has 0 amide bonds. The van der Waals surface area contributed by atoms with E-state index in [1.807, 2.05) is 0 Å². The first-order valence-electron chi connectivity index (χ1n) is 4.37. The van der Waals surface area contributed by atoms with Crippen LogP contribution in [-0.4, -0.2) is 14.7 Å². The van der Waals surface area contributed by atoms with E-state index >= 15 is 0 Å². The molecule has 0 N–H and O–H groups in total. The lowest BCUT2D eigenvalue weighted by Crippen LogP contribution is -2.03. The summed E-state index contributed by atoms with van der Waals surface area (Å²) in [6, 6.07) is 6.39. The highest BCUT2D eigenvalue weighted by Crippen LogP contribution is 2.21. The number of rotatable bonds is 3. The van der Waals surface area contributed by atoms with Gasteiger partial charge in [-0.05, 0) is 35.7 Å². The van der Waals surface area contributed by atoms with Gasteiger partial charge in [0.2, 0.25) is 0 Å². The Hall–Kier alpha value is -1.20. The summed E-state index contributed by atoms with van der Waals surface area (Å²) in [6.45, 7) is 2.90. The van der Waals surface area contributed by atoms with Crippen LogP contribution in [0.2, 0.25) is 0 Å². The van der Waals surface area contributed by atoms with Gasteiger partial charge in [0.1, 0.15) is 5.75 Å². The van der Waals surface area contributed by atoms with Gasteiger partial charge in [0.25, 0.3) is 0 Å². The summed E-state index contributed by atoms with van der Waals surface area (Å²) < 4.78 is 26.2. The summed E-state index contributed by atoms with van der Waals surface area (Å²) in [7, 11) is 0. The van der Waals surface area contributed by atoms with Crippen LogP contribution in [-0.2, 0) is 15.9 Å². The van der Waals surface area contributed by atoms with Gasteiger partial charge in [0, 0.05) is 12.2 Å². The number of esters is 1. The molecule has 0 saturated heterocycles. The molecule has 0 spiro atoms. The zero-order valence-electron chi connectivity index (χ0n) is 8.43. The van der Waals surface area contributed by atoms with Crippen molar-refractivity contribution < 1.29 is 18.3 Å². The van der Waals surface area contributed by atoms with Gasteiger partial charge in [-0.15, -0.1) is 0 Å². The molecule has 82 valence electrons. The Labute approximate surface area is 90.5 Å². The summed E-state index contributed by atoms with van der Waals surface area (Å²) in [6.07, 6.45) is 0. The van der Waals surface area contributed by atoms with E-state index in [4.69, 9.17) is 4.74 Å². The molecule has 0 aromatic heterocycles. The number of benzene rings is 1. The number of hydrogen-bond donors (Lipinski definition) is 0. The first-order chi connectivity index (χ1) is 7.00. The molecule has 1 rings (SSSR count). The van der Waals surface area contributed by atoms with Gasteiger partial charge in [0.05, 0.1) is 0 Å². The molecule has 0 radical (unpaired) electrons. The normalized spacial score (nSPS) is 14.3. The van der Waals surface area contributed by atoms with E-state index in [0.717, 1.165) is 0 Å². The van der Waals surface area contributed by atoms with Crippen molar-refractivity contribution in [3.8, 4) is 5.75 Å². The SMILES string of the molecule is CC(=O)Oc1ccc(C(C)S(=O)[O-])cc1. The van der Waals surface area contributed by atoms with Gasteiger partial charge in [-0.25, -0.2) is 0 Å². The highest BCUT2D eigenvalue weighted by Gasteiger charge is 2.06. The molecule has 1 aromatic carbocycles. The van der Waals surface area contributed by atoms with Crippen molar-refractivity contribution in [2.45, 2.75) is 19.1 Å². The quantitative estimate of drug-likeness (QED) is 0.446. The van der Waals surface area contributed by atoms with Crippen LogP contribution in [0, 0.1) is 0 Å². The molecule has 0 aliphatic carbocycles. The average molecular weight is 227 g/mol. The van der Waals surface area contributed by atoms with E-state index in [0.29, 0.717) is 11.3 Å². The number of ether oxygens (including phenoxy) is 1. The maximum absolute atomic E-state index is 10.7.